The van der Waals surface area contributed by atoms with Crippen molar-refractivity contribution in [3.8, 4) is 6.07 Å². The van der Waals surface area contributed by atoms with Gasteiger partial charge in [0.25, 0.3) is 0 Å². The van der Waals surface area contributed by atoms with Crippen LogP contribution in [0.15, 0.2) is 18.5 Å². The molecule has 0 spiro atoms. The van der Waals surface area contributed by atoms with Crippen molar-refractivity contribution >= 4 is 5.69 Å². The SMILES string of the molecule is CN(C)Nc1cnccc1C#N. The molecule has 0 saturated carbocycles. The van der Waals surface area contributed by atoms with Crippen LogP contribution in [-0.2, 0) is 0 Å². The molecule has 0 aliphatic heterocycles. The summed E-state index contributed by atoms with van der Waals surface area (Å²) >= 11 is 0. The number of rotatable bonds is 2. The molecule has 0 fully saturated rings. The average Bonchev–Trinajstić information content (AvgIpc) is 2.04. The second-order valence-corrected chi connectivity index (χ2v) is 2.54. The molecule has 12 heavy (non-hydrogen) atoms. The smallest absolute Gasteiger partial charge is 0.101 e. The standard InChI is InChI=1S/C8H10N4/c1-12(2)11-8-6-10-4-3-7(8)5-9/h3-4,6,11H,1-2H3. The predicted octanol–water partition coefficient (Wildman–Crippen LogP) is 0.842. The third-order valence-corrected chi connectivity index (χ3v) is 1.29. The van der Waals surface area contributed by atoms with Crippen LogP contribution < -0.4 is 5.43 Å². The molecule has 0 radical (unpaired) electrons. The molecule has 4 heteroatoms. The number of anilines is 1. The molecule has 0 unspecified atom stereocenters. The topological polar surface area (TPSA) is 52.0 Å². The number of aromatic nitrogens is 1. The zero-order valence-electron chi connectivity index (χ0n) is 7.07. The van der Waals surface area contributed by atoms with Crippen molar-refractivity contribution in [2.45, 2.75) is 0 Å². The average molecular weight is 162 g/mol. The highest BCUT2D eigenvalue weighted by Crippen LogP contribution is 2.11. The Morgan fingerprint density at radius 3 is 2.92 bits per heavy atom. The molecular formula is C8H10N4. The number of hydrogen-bond acceptors (Lipinski definition) is 4. The number of nitrogens with one attached hydrogen (secondary N) is 1. The molecule has 0 atom stereocenters. The summed E-state index contributed by atoms with van der Waals surface area (Å²) in [5.41, 5.74) is 4.30. The van der Waals surface area contributed by atoms with Crippen molar-refractivity contribution in [2.75, 3.05) is 19.5 Å². The fourth-order valence-electron chi connectivity index (χ4n) is 0.822. The first kappa shape index (κ1) is 8.50. The Morgan fingerprint density at radius 2 is 2.33 bits per heavy atom. The van der Waals surface area contributed by atoms with E-state index in [2.05, 4.69) is 16.5 Å². The minimum Gasteiger partial charge on any atom is -0.317 e. The molecule has 1 heterocycles. The fraction of sp³-hybridized carbons (Fsp3) is 0.250. The molecule has 1 N–H and O–H groups in total. The molecule has 0 aromatic carbocycles. The van der Waals surface area contributed by atoms with Gasteiger partial charge in [-0.15, -0.1) is 0 Å². The highest BCUT2D eigenvalue weighted by Gasteiger charge is 1.99. The van der Waals surface area contributed by atoms with Crippen LogP contribution in [0, 0.1) is 11.3 Å². The van der Waals surface area contributed by atoms with Gasteiger partial charge < -0.3 is 5.43 Å². The zero-order chi connectivity index (χ0) is 8.97. The van der Waals surface area contributed by atoms with Crippen molar-refractivity contribution < 1.29 is 0 Å². The summed E-state index contributed by atoms with van der Waals surface area (Å²) in [6.07, 6.45) is 3.22. The molecule has 0 saturated heterocycles. The van der Waals surface area contributed by atoms with Gasteiger partial charge in [0, 0.05) is 20.3 Å². The van der Waals surface area contributed by atoms with Crippen molar-refractivity contribution in [3.63, 3.8) is 0 Å². The van der Waals surface area contributed by atoms with Crippen LogP contribution in [0.25, 0.3) is 0 Å². The van der Waals surface area contributed by atoms with Gasteiger partial charge in [-0.3, -0.25) is 4.98 Å². The monoisotopic (exact) mass is 162 g/mol. The number of nitriles is 1. The van der Waals surface area contributed by atoms with E-state index in [0.717, 1.165) is 5.69 Å². The van der Waals surface area contributed by atoms with E-state index in [1.807, 2.05) is 14.1 Å². The lowest BCUT2D eigenvalue weighted by Crippen LogP contribution is -2.20. The van der Waals surface area contributed by atoms with Gasteiger partial charge in [-0.1, -0.05) is 0 Å². The highest BCUT2D eigenvalue weighted by molar-refractivity contribution is 5.54. The molecule has 62 valence electrons. The first-order valence-corrected chi connectivity index (χ1v) is 3.52. The van der Waals surface area contributed by atoms with E-state index in [0.29, 0.717) is 5.56 Å². The Kier molecular flexibility index (Phi) is 2.62. The maximum Gasteiger partial charge on any atom is 0.101 e. The molecule has 1 rings (SSSR count). The number of hydrogen-bond donors (Lipinski definition) is 1. The van der Waals surface area contributed by atoms with Crippen LogP contribution >= 0.6 is 0 Å². The van der Waals surface area contributed by atoms with E-state index in [1.165, 1.54) is 0 Å². The molecule has 1 aromatic heterocycles. The number of pyridine rings is 1. The van der Waals surface area contributed by atoms with E-state index in [1.54, 1.807) is 23.5 Å². The maximum atomic E-state index is 8.70. The minimum atomic E-state index is 0.596. The lowest BCUT2D eigenvalue weighted by molar-refractivity contribution is 0.495. The van der Waals surface area contributed by atoms with E-state index in [4.69, 9.17) is 5.26 Å². The second-order valence-electron chi connectivity index (χ2n) is 2.54. The molecule has 4 nitrogen and oxygen atoms in total. The summed E-state index contributed by atoms with van der Waals surface area (Å²) in [5, 5.41) is 10.5. The maximum absolute atomic E-state index is 8.70. The van der Waals surface area contributed by atoms with Crippen LogP contribution in [0.1, 0.15) is 5.56 Å². The third-order valence-electron chi connectivity index (χ3n) is 1.29. The van der Waals surface area contributed by atoms with Crippen LogP contribution in [0.3, 0.4) is 0 Å². The van der Waals surface area contributed by atoms with Crippen LogP contribution in [0.2, 0.25) is 0 Å². The van der Waals surface area contributed by atoms with E-state index >= 15 is 0 Å². The lowest BCUT2D eigenvalue weighted by atomic mass is 10.2. The summed E-state index contributed by atoms with van der Waals surface area (Å²) in [4.78, 5) is 3.91. The summed E-state index contributed by atoms with van der Waals surface area (Å²) in [6, 6.07) is 3.74. The van der Waals surface area contributed by atoms with Crippen molar-refractivity contribution in [3.05, 3.63) is 24.0 Å². The zero-order valence-corrected chi connectivity index (χ0v) is 7.07. The van der Waals surface area contributed by atoms with Crippen molar-refractivity contribution in [1.29, 1.82) is 5.26 Å². The summed E-state index contributed by atoms with van der Waals surface area (Å²) in [6.45, 7) is 0. The number of nitrogens with zero attached hydrogens (tertiary/aromatic N) is 3. The molecule has 1 aromatic rings. The van der Waals surface area contributed by atoms with Gasteiger partial charge in [-0.2, -0.15) is 5.26 Å². The Bertz CT molecular complexity index is 300. The van der Waals surface area contributed by atoms with Crippen LogP contribution in [0.4, 0.5) is 5.69 Å². The first-order valence-electron chi connectivity index (χ1n) is 3.52. The van der Waals surface area contributed by atoms with Gasteiger partial charge in [-0.25, -0.2) is 5.01 Å². The molecule has 0 aliphatic rings. The van der Waals surface area contributed by atoms with E-state index < -0.39 is 0 Å². The van der Waals surface area contributed by atoms with Crippen LogP contribution in [0.5, 0.6) is 0 Å². The van der Waals surface area contributed by atoms with Crippen molar-refractivity contribution in [2.24, 2.45) is 0 Å². The fourth-order valence-corrected chi connectivity index (χ4v) is 0.822. The molecule has 0 aliphatic carbocycles. The molecule has 0 bridgehead atoms. The Labute approximate surface area is 71.4 Å². The largest absolute Gasteiger partial charge is 0.317 e. The first-order chi connectivity index (χ1) is 5.74. The van der Waals surface area contributed by atoms with Crippen LogP contribution in [-0.4, -0.2) is 24.1 Å². The highest BCUT2D eigenvalue weighted by atomic mass is 15.5. The normalized spacial score (nSPS) is 9.50. The Morgan fingerprint density at radius 1 is 1.58 bits per heavy atom. The van der Waals surface area contributed by atoms with Crippen molar-refractivity contribution in [1.82, 2.24) is 9.99 Å². The molecule has 0 amide bonds. The third kappa shape index (κ3) is 1.94. The van der Waals surface area contributed by atoms with Gasteiger partial charge in [0.1, 0.15) is 6.07 Å². The lowest BCUT2D eigenvalue weighted by Gasteiger charge is -2.13. The van der Waals surface area contributed by atoms with E-state index in [-0.39, 0.29) is 0 Å². The van der Waals surface area contributed by atoms with Gasteiger partial charge in [-0.05, 0) is 6.07 Å². The predicted molar refractivity (Wildman–Crippen MR) is 46.3 cm³/mol. The van der Waals surface area contributed by atoms with E-state index in [9.17, 15) is 0 Å². The minimum absolute atomic E-state index is 0.596. The van der Waals surface area contributed by atoms with Gasteiger partial charge in [0.2, 0.25) is 0 Å². The second kappa shape index (κ2) is 3.69. The Balaban J connectivity index is 2.91. The van der Waals surface area contributed by atoms with Gasteiger partial charge in [0.15, 0.2) is 0 Å². The summed E-state index contributed by atoms with van der Waals surface area (Å²) in [7, 11) is 3.71. The van der Waals surface area contributed by atoms with Gasteiger partial charge in [0.05, 0.1) is 17.4 Å². The van der Waals surface area contributed by atoms with Gasteiger partial charge >= 0.3 is 0 Å². The summed E-state index contributed by atoms with van der Waals surface area (Å²) in [5.74, 6) is 0. The number of hydrazine groups is 1. The molecular weight excluding hydrogens is 152 g/mol. The quantitative estimate of drug-likeness (QED) is 0.655. The Hall–Kier alpha value is -1.60. The summed E-state index contributed by atoms with van der Waals surface area (Å²) < 4.78 is 0.